The minimum absolute atomic E-state index is 0.0657. The van der Waals surface area contributed by atoms with Crippen LogP contribution in [0.15, 0.2) is 107 Å². The van der Waals surface area contributed by atoms with Crippen LogP contribution in [-0.2, 0) is 9.59 Å². The number of benzene rings is 3. The second-order valence-corrected chi connectivity index (χ2v) is 7.87. The molecule has 1 aliphatic heterocycles. The Hall–Kier alpha value is -4.36. The maximum atomic E-state index is 13.5. The Bertz CT molecular complexity index is 1350. The molecule has 2 amide bonds. The molecule has 0 N–H and O–H groups in total. The maximum absolute atomic E-state index is 13.5. The Kier molecular flexibility index (Phi) is 5.61. The quantitative estimate of drug-likeness (QED) is 0.215. The minimum atomic E-state index is -0.548. The number of thiocarbonyl (C=S) groups is 1. The molecular weight excluding hydrogens is 451 g/mol. The number of anilines is 2. The number of furan rings is 1. The molecule has 1 saturated heterocycles. The van der Waals surface area contributed by atoms with Crippen LogP contribution >= 0.6 is 12.2 Å². The monoisotopic (exact) mass is 468 g/mol. The van der Waals surface area contributed by atoms with Crippen LogP contribution in [0.3, 0.4) is 0 Å². The molecule has 0 unspecified atom stereocenters. The van der Waals surface area contributed by atoms with E-state index >= 15 is 0 Å². The van der Waals surface area contributed by atoms with Crippen LogP contribution in [0.2, 0.25) is 0 Å². The van der Waals surface area contributed by atoms with Gasteiger partial charge in [0, 0.05) is 5.56 Å². The van der Waals surface area contributed by atoms with E-state index in [1.54, 1.807) is 72.8 Å². The van der Waals surface area contributed by atoms with Gasteiger partial charge in [-0.05, 0) is 79.0 Å². The molecule has 1 aromatic heterocycles. The van der Waals surface area contributed by atoms with Gasteiger partial charge in [0.05, 0.1) is 11.4 Å². The molecule has 1 aliphatic rings. The molecule has 3 aromatic carbocycles. The van der Waals surface area contributed by atoms with Crippen molar-refractivity contribution < 1.29 is 18.4 Å². The lowest BCUT2D eigenvalue weighted by molar-refractivity contribution is -0.120. The number of rotatable bonds is 4. The van der Waals surface area contributed by atoms with E-state index in [0.29, 0.717) is 28.5 Å². The van der Waals surface area contributed by atoms with Crippen molar-refractivity contribution in [3.63, 3.8) is 0 Å². The Balaban J connectivity index is 1.58. The van der Waals surface area contributed by atoms with Gasteiger partial charge in [-0.15, -0.1) is 0 Å². The summed E-state index contributed by atoms with van der Waals surface area (Å²) >= 11 is 5.59. The highest BCUT2D eigenvalue weighted by atomic mass is 32.1. The molecule has 0 spiro atoms. The molecule has 0 aliphatic carbocycles. The predicted octanol–water partition coefficient (Wildman–Crippen LogP) is 5.83. The summed E-state index contributed by atoms with van der Waals surface area (Å²) in [7, 11) is 0. The lowest BCUT2D eigenvalue weighted by atomic mass is 10.1. The van der Waals surface area contributed by atoms with Gasteiger partial charge in [0.25, 0.3) is 11.8 Å². The molecule has 5 rings (SSSR count). The average Bonchev–Trinajstić information content (AvgIpc) is 3.32. The van der Waals surface area contributed by atoms with Crippen LogP contribution in [-0.4, -0.2) is 16.9 Å². The van der Waals surface area contributed by atoms with E-state index in [-0.39, 0.29) is 16.5 Å². The number of carbonyl (C=O) groups is 2. The van der Waals surface area contributed by atoms with Gasteiger partial charge in [-0.25, -0.2) is 4.39 Å². The largest absolute Gasteiger partial charge is 0.457 e. The van der Waals surface area contributed by atoms with Crippen LogP contribution in [0, 0.1) is 5.82 Å². The number of nitrogens with zero attached hydrogens (tertiary/aromatic N) is 2. The molecule has 0 atom stereocenters. The predicted molar refractivity (Wildman–Crippen MR) is 133 cm³/mol. The molecule has 7 heteroatoms. The number of para-hydroxylation sites is 2. The van der Waals surface area contributed by atoms with E-state index in [1.807, 2.05) is 12.1 Å². The highest BCUT2D eigenvalue weighted by molar-refractivity contribution is 7.81. The van der Waals surface area contributed by atoms with Crippen molar-refractivity contribution in [2.24, 2.45) is 0 Å². The van der Waals surface area contributed by atoms with Gasteiger partial charge >= 0.3 is 0 Å². The van der Waals surface area contributed by atoms with Crippen molar-refractivity contribution in [1.29, 1.82) is 0 Å². The molecule has 4 aromatic rings. The number of amides is 2. The number of halogens is 1. The smallest absolute Gasteiger partial charge is 0.270 e. The highest BCUT2D eigenvalue weighted by Gasteiger charge is 2.41. The zero-order valence-corrected chi connectivity index (χ0v) is 18.5. The first kappa shape index (κ1) is 21.5. The topological polar surface area (TPSA) is 53.8 Å². The highest BCUT2D eigenvalue weighted by Crippen LogP contribution is 2.31. The molecule has 34 heavy (non-hydrogen) atoms. The standard InChI is InChI=1S/C27H17FN2O3S/c28-19-13-11-18(12-14-19)24-16-15-22(33-24)17-23-25(31)29(20-7-3-1-4-8-20)27(34)30(26(23)32)21-9-5-2-6-10-21/h1-17H. The molecule has 2 heterocycles. The van der Waals surface area contributed by atoms with Gasteiger partial charge in [0.2, 0.25) is 0 Å². The summed E-state index contributed by atoms with van der Waals surface area (Å²) in [4.78, 5) is 29.6. The third kappa shape index (κ3) is 3.93. The van der Waals surface area contributed by atoms with Gasteiger partial charge < -0.3 is 4.42 Å². The summed E-state index contributed by atoms with van der Waals surface area (Å²) in [5, 5.41) is 0.0657. The summed E-state index contributed by atoms with van der Waals surface area (Å²) in [6, 6.07) is 27.0. The Labute approximate surface area is 200 Å². The Morgan fingerprint density at radius 2 is 1.24 bits per heavy atom. The van der Waals surface area contributed by atoms with E-state index in [0.717, 1.165) is 0 Å². The third-order valence-electron chi connectivity index (χ3n) is 5.32. The van der Waals surface area contributed by atoms with Crippen LogP contribution in [0.4, 0.5) is 15.8 Å². The summed E-state index contributed by atoms with van der Waals surface area (Å²) in [6.07, 6.45) is 1.41. The summed E-state index contributed by atoms with van der Waals surface area (Å²) in [6.45, 7) is 0. The van der Waals surface area contributed by atoms with Crippen LogP contribution in [0.5, 0.6) is 0 Å². The van der Waals surface area contributed by atoms with E-state index in [9.17, 15) is 14.0 Å². The normalized spacial score (nSPS) is 14.0. The van der Waals surface area contributed by atoms with Crippen LogP contribution in [0.1, 0.15) is 5.76 Å². The fourth-order valence-corrected chi connectivity index (χ4v) is 4.06. The number of carbonyl (C=O) groups excluding carboxylic acids is 2. The Morgan fingerprint density at radius 3 is 1.76 bits per heavy atom. The van der Waals surface area contributed by atoms with E-state index in [1.165, 1.54) is 28.0 Å². The molecule has 0 radical (unpaired) electrons. The van der Waals surface area contributed by atoms with Crippen molar-refractivity contribution >= 4 is 46.6 Å². The SMILES string of the molecule is O=C1C(=Cc2ccc(-c3ccc(F)cc3)o2)C(=O)N(c2ccccc2)C(=S)N1c1ccccc1. The van der Waals surface area contributed by atoms with Crippen molar-refractivity contribution in [3.8, 4) is 11.3 Å². The first-order chi connectivity index (χ1) is 16.5. The van der Waals surface area contributed by atoms with Crippen molar-refractivity contribution in [1.82, 2.24) is 0 Å². The maximum Gasteiger partial charge on any atom is 0.270 e. The van der Waals surface area contributed by atoms with Gasteiger partial charge in [-0.3, -0.25) is 19.4 Å². The van der Waals surface area contributed by atoms with Crippen molar-refractivity contribution in [2.45, 2.75) is 0 Å². The molecule has 0 bridgehead atoms. The number of hydrogen-bond donors (Lipinski definition) is 0. The Morgan fingerprint density at radius 1 is 0.706 bits per heavy atom. The van der Waals surface area contributed by atoms with Crippen LogP contribution < -0.4 is 9.80 Å². The van der Waals surface area contributed by atoms with Crippen LogP contribution in [0.25, 0.3) is 17.4 Å². The van der Waals surface area contributed by atoms with E-state index in [2.05, 4.69) is 0 Å². The van der Waals surface area contributed by atoms with Gasteiger partial charge in [0.15, 0.2) is 5.11 Å². The van der Waals surface area contributed by atoms with E-state index < -0.39 is 11.8 Å². The lowest BCUT2D eigenvalue weighted by Crippen LogP contribution is -2.56. The second kappa shape index (κ2) is 8.88. The fourth-order valence-electron chi connectivity index (χ4n) is 3.68. The van der Waals surface area contributed by atoms with E-state index in [4.69, 9.17) is 16.6 Å². The zero-order valence-electron chi connectivity index (χ0n) is 17.7. The first-order valence-electron chi connectivity index (χ1n) is 10.4. The summed E-state index contributed by atoms with van der Waals surface area (Å²) in [5.41, 5.74) is 1.67. The molecule has 5 nitrogen and oxygen atoms in total. The lowest BCUT2D eigenvalue weighted by Gasteiger charge is -2.36. The summed E-state index contributed by atoms with van der Waals surface area (Å²) < 4.78 is 19.1. The summed E-state index contributed by atoms with van der Waals surface area (Å²) in [5.74, 6) is -0.655. The van der Waals surface area contributed by atoms with Crippen molar-refractivity contribution in [3.05, 3.63) is 114 Å². The zero-order chi connectivity index (χ0) is 23.7. The molecule has 166 valence electrons. The molecular formula is C27H17FN2O3S. The number of hydrogen-bond acceptors (Lipinski definition) is 4. The van der Waals surface area contributed by atoms with Gasteiger partial charge in [-0.2, -0.15) is 0 Å². The molecule has 0 saturated carbocycles. The molecule has 1 fully saturated rings. The van der Waals surface area contributed by atoms with Gasteiger partial charge in [-0.1, -0.05) is 36.4 Å². The van der Waals surface area contributed by atoms with Crippen molar-refractivity contribution in [2.75, 3.05) is 9.80 Å². The second-order valence-electron chi connectivity index (χ2n) is 7.50. The van der Waals surface area contributed by atoms with Gasteiger partial charge in [0.1, 0.15) is 22.9 Å². The fraction of sp³-hybridized carbons (Fsp3) is 0. The third-order valence-corrected chi connectivity index (χ3v) is 5.69. The first-order valence-corrected chi connectivity index (χ1v) is 10.8. The average molecular weight is 469 g/mol. The minimum Gasteiger partial charge on any atom is -0.457 e.